The third-order valence-corrected chi connectivity index (χ3v) is 9.93. The topological polar surface area (TPSA) is 90.4 Å². The lowest BCUT2D eigenvalue weighted by atomic mass is 9.66. The molecule has 5 rings (SSSR count). The van der Waals surface area contributed by atoms with Crippen molar-refractivity contribution in [2.75, 3.05) is 31.1 Å². The number of anilines is 1. The molecule has 3 amide bonds. The van der Waals surface area contributed by atoms with Crippen LogP contribution in [0.4, 0.5) is 5.69 Å². The van der Waals surface area contributed by atoms with Crippen molar-refractivity contribution in [3.63, 3.8) is 0 Å². The summed E-state index contributed by atoms with van der Waals surface area (Å²) >= 11 is 6.16. The van der Waals surface area contributed by atoms with E-state index in [1.54, 1.807) is 51.1 Å². The molecule has 2 aromatic rings. The molecule has 2 unspecified atom stereocenters. The Morgan fingerprint density at radius 3 is 2.36 bits per heavy atom. The minimum atomic E-state index is -1.13. The number of halogens is 1. The zero-order valence-corrected chi connectivity index (χ0v) is 26.8. The molecular weight excluding hydrogens is 590 g/mol. The van der Waals surface area contributed by atoms with Gasteiger partial charge in [0.2, 0.25) is 11.8 Å². The number of ether oxygens (including phenoxy) is 1. The van der Waals surface area contributed by atoms with Crippen LogP contribution in [0.2, 0.25) is 5.02 Å². The number of unbranched alkanes of at least 4 members (excludes halogenated alkanes) is 3. The number of likely N-dealkylation sites (tertiary alicyclic amines) is 1. The molecule has 9 heteroatoms. The molecule has 3 aliphatic heterocycles. The molecular formula is C36H44ClN3O5. The van der Waals surface area contributed by atoms with E-state index in [2.05, 4.69) is 13.2 Å². The molecule has 0 saturated carbocycles. The molecule has 2 bridgehead atoms. The van der Waals surface area contributed by atoms with Gasteiger partial charge in [-0.15, -0.1) is 13.2 Å². The highest BCUT2D eigenvalue weighted by Gasteiger charge is 2.78. The third kappa shape index (κ3) is 6.20. The smallest absolute Gasteiger partial charge is 0.253 e. The van der Waals surface area contributed by atoms with Gasteiger partial charge in [0.15, 0.2) is 0 Å². The van der Waals surface area contributed by atoms with E-state index in [0.29, 0.717) is 56.0 Å². The van der Waals surface area contributed by atoms with Crippen molar-refractivity contribution in [3.05, 3.63) is 90.5 Å². The highest BCUT2D eigenvalue weighted by molar-refractivity contribution is 6.30. The number of rotatable bonds is 15. The maximum Gasteiger partial charge on any atom is 0.253 e. The van der Waals surface area contributed by atoms with E-state index in [0.717, 1.165) is 18.4 Å². The molecule has 1 spiro atoms. The van der Waals surface area contributed by atoms with Gasteiger partial charge in [-0.1, -0.05) is 66.9 Å². The number of hydrogen-bond acceptors (Lipinski definition) is 5. The number of fused-ring (bicyclic) bond motifs is 1. The number of aliphatic hydroxyl groups excluding tert-OH is 1. The van der Waals surface area contributed by atoms with Gasteiger partial charge < -0.3 is 24.5 Å². The summed E-state index contributed by atoms with van der Waals surface area (Å²) < 4.78 is 6.88. The largest absolute Gasteiger partial charge is 0.396 e. The van der Waals surface area contributed by atoms with Gasteiger partial charge in [-0.25, -0.2) is 0 Å². The number of nitrogens with zero attached hydrogens (tertiary/aromatic N) is 3. The zero-order chi connectivity index (χ0) is 32.2. The molecule has 3 saturated heterocycles. The Hall–Kier alpha value is -3.46. The molecule has 2 aromatic carbocycles. The Kier molecular flexibility index (Phi) is 10.2. The van der Waals surface area contributed by atoms with Gasteiger partial charge in [0, 0.05) is 43.5 Å². The molecule has 0 radical (unpaired) electrons. The molecule has 8 nitrogen and oxygen atoms in total. The summed E-state index contributed by atoms with van der Waals surface area (Å²) in [4.78, 5) is 48.9. The molecule has 45 heavy (non-hydrogen) atoms. The number of carbonyl (C=O) groups is 3. The highest BCUT2D eigenvalue weighted by atomic mass is 35.5. The van der Waals surface area contributed by atoms with Gasteiger partial charge in [0.1, 0.15) is 11.6 Å². The first-order chi connectivity index (χ1) is 21.7. The average Bonchev–Trinajstić information content (AvgIpc) is 3.60. The predicted octanol–water partition coefficient (Wildman–Crippen LogP) is 5.39. The van der Waals surface area contributed by atoms with E-state index in [9.17, 15) is 19.5 Å². The summed E-state index contributed by atoms with van der Waals surface area (Å²) in [6.07, 6.45) is 7.42. The van der Waals surface area contributed by atoms with E-state index in [-0.39, 0.29) is 30.9 Å². The van der Waals surface area contributed by atoms with Gasteiger partial charge in [-0.05, 0) is 62.4 Å². The molecule has 5 atom stereocenters. The minimum Gasteiger partial charge on any atom is -0.396 e. The number of benzene rings is 2. The minimum absolute atomic E-state index is 0.118. The van der Waals surface area contributed by atoms with Crippen LogP contribution < -0.4 is 4.90 Å². The zero-order valence-electron chi connectivity index (χ0n) is 26.1. The first-order valence-corrected chi connectivity index (χ1v) is 16.3. The van der Waals surface area contributed by atoms with Crippen molar-refractivity contribution in [1.29, 1.82) is 0 Å². The van der Waals surface area contributed by atoms with Gasteiger partial charge in [0.05, 0.1) is 17.4 Å². The van der Waals surface area contributed by atoms with Crippen molar-refractivity contribution in [3.8, 4) is 0 Å². The average molecular weight is 634 g/mol. The highest BCUT2D eigenvalue weighted by Crippen LogP contribution is 2.63. The monoisotopic (exact) mass is 633 g/mol. The standard InChI is InChI=1S/C36H44ClN3O5/c1-4-21-38(25-26-13-9-8-10-14-26)32(42)29-30-33(43)40(23-11-6-7-12-24-41)31(36(30)20-19-35(29,3)45-36)34(44)39(22-5-2)28-17-15-27(37)16-18-28/h4-5,8-10,13-18,29-31,41H,1-2,6-7,11-12,19-25H2,3H3/t29-,30-,31?,35+,36?/m0/s1. The van der Waals surface area contributed by atoms with Crippen molar-refractivity contribution in [1.82, 2.24) is 9.80 Å². The van der Waals surface area contributed by atoms with E-state index in [1.807, 2.05) is 37.3 Å². The van der Waals surface area contributed by atoms with Crippen LogP contribution in [-0.2, 0) is 25.7 Å². The number of carbonyl (C=O) groups excluding carboxylic acids is 3. The van der Waals surface area contributed by atoms with Crippen molar-refractivity contribution < 1.29 is 24.2 Å². The molecule has 240 valence electrons. The quantitative estimate of drug-likeness (QED) is 0.210. The number of hydrogen-bond donors (Lipinski definition) is 1. The summed E-state index contributed by atoms with van der Waals surface area (Å²) in [7, 11) is 0. The van der Waals surface area contributed by atoms with Gasteiger partial charge in [-0.2, -0.15) is 0 Å². The fourth-order valence-corrected chi connectivity index (χ4v) is 7.80. The van der Waals surface area contributed by atoms with Crippen LogP contribution in [0.25, 0.3) is 0 Å². The summed E-state index contributed by atoms with van der Waals surface area (Å²) in [6, 6.07) is 15.9. The summed E-state index contributed by atoms with van der Waals surface area (Å²) in [6.45, 7) is 11.1. The van der Waals surface area contributed by atoms with Crippen LogP contribution in [0.3, 0.4) is 0 Å². The van der Waals surface area contributed by atoms with Crippen LogP contribution in [0.1, 0.15) is 51.0 Å². The lowest BCUT2D eigenvalue weighted by molar-refractivity contribution is -0.150. The molecule has 3 heterocycles. The Morgan fingerprint density at radius 1 is 1.00 bits per heavy atom. The first-order valence-electron chi connectivity index (χ1n) is 15.9. The van der Waals surface area contributed by atoms with Crippen LogP contribution in [0.5, 0.6) is 0 Å². The van der Waals surface area contributed by atoms with Gasteiger partial charge >= 0.3 is 0 Å². The van der Waals surface area contributed by atoms with Crippen LogP contribution in [-0.4, -0.2) is 76.1 Å². The van der Waals surface area contributed by atoms with Crippen molar-refractivity contribution >= 4 is 35.0 Å². The fourth-order valence-electron chi connectivity index (χ4n) is 7.68. The van der Waals surface area contributed by atoms with E-state index in [4.69, 9.17) is 16.3 Å². The SMILES string of the molecule is C=CCN(Cc1ccccc1)C(=O)[C@@H]1[C@H]2C(=O)N(CCCCCCO)C(C(=O)N(CC=C)c3ccc(Cl)cc3)C23CC[C@@]1(C)O3. The summed E-state index contributed by atoms with van der Waals surface area (Å²) in [5.74, 6) is -2.13. The van der Waals surface area contributed by atoms with Gasteiger partial charge in [0.25, 0.3) is 5.91 Å². The van der Waals surface area contributed by atoms with Crippen LogP contribution in [0, 0.1) is 11.8 Å². The Bertz CT molecular complexity index is 1400. The second-order valence-electron chi connectivity index (χ2n) is 12.6. The lowest BCUT2D eigenvalue weighted by Crippen LogP contribution is -2.56. The Labute approximate surface area is 271 Å². The first kappa shape index (κ1) is 32.9. The second-order valence-corrected chi connectivity index (χ2v) is 13.0. The predicted molar refractivity (Wildman–Crippen MR) is 176 cm³/mol. The second kappa shape index (κ2) is 13.9. The molecule has 1 N–H and O–H groups in total. The maximum absolute atomic E-state index is 14.7. The Morgan fingerprint density at radius 2 is 1.69 bits per heavy atom. The van der Waals surface area contributed by atoms with E-state index < -0.39 is 29.1 Å². The van der Waals surface area contributed by atoms with Crippen LogP contribution in [0.15, 0.2) is 79.9 Å². The maximum atomic E-state index is 14.7. The fraction of sp³-hybridized carbons (Fsp3) is 0.472. The van der Waals surface area contributed by atoms with E-state index >= 15 is 0 Å². The van der Waals surface area contributed by atoms with Crippen LogP contribution >= 0.6 is 11.6 Å². The van der Waals surface area contributed by atoms with E-state index in [1.165, 1.54) is 0 Å². The number of aliphatic hydroxyl groups is 1. The van der Waals surface area contributed by atoms with Gasteiger partial charge in [-0.3, -0.25) is 14.4 Å². The van der Waals surface area contributed by atoms with Crippen molar-refractivity contribution in [2.24, 2.45) is 11.8 Å². The lowest BCUT2D eigenvalue weighted by Gasteiger charge is -2.37. The molecule has 3 fully saturated rings. The summed E-state index contributed by atoms with van der Waals surface area (Å²) in [5, 5.41) is 9.79. The Balaban J connectivity index is 1.52. The molecule has 0 aromatic heterocycles. The third-order valence-electron chi connectivity index (χ3n) is 9.68. The molecule has 0 aliphatic carbocycles. The molecule has 3 aliphatic rings. The van der Waals surface area contributed by atoms with Crippen molar-refractivity contribution in [2.45, 2.75) is 69.2 Å². The number of amides is 3. The summed E-state index contributed by atoms with van der Waals surface area (Å²) in [5.41, 5.74) is -0.392. The normalized spacial score (nSPS) is 26.5.